The molecule has 10 heteroatoms. The Morgan fingerprint density at radius 1 is 1.08 bits per heavy atom. The van der Waals surface area contributed by atoms with E-state index < -0.39 is 23.7 Å². The van der Waals surface area contributed by atoms with E-state index in [0.717, 1.165) is 10.5 Å². The van der Waals surface area contributed by atoms with Crippen LogP contribution in [0.1, 0.15) is 18.1 Å². The summed E-state index contributed by atoms with van der Waals surface area (Å²) in [4.78, 5) is 38.6. The number of halogens is 2. The molecule has 3 aromatic rings. The Labute approximate surface area is 217 Å². The average Bonchev–Trinajstić information content (AvgIpc) is 3.13. The molecule has 0 radical (unpaired) electrons. The van der Waals surface area contributed by atoms with Gasteiger partial charge in [-0.2, -0.15) is 0 Å². The molecule has 1 aliphatic heterocycles. The van der Waals surface area contributed by atoms with Gasteiger partial charge in [0.05, 0.1) is 18.2 Å². The second-order valence-electron chi connectivity index (χ2n) is 7.97. The van der Waals surface area contributed by atoms with Crippen molar-refractivity contribution in [3.63, 3.8) is 0 Å². The van der Waals surface area contributed by atoms with Crippen LogP contribution in [0.3, 0.4) is 0 Å². The molecule has 4 amide bonds. The number of rotatable bonds is 9. The lowest BCUT2D eigenvalue weighted by Crippen LogP contribution is -2.30. The number of carbonyl (C=O) groups excluding carboxylic acids is 3. The Bertz CT molecular complexity index is 1350. The molecule has 1 saturated heterocycles. The maximum absolute atomic E-state index is 13.1. The van der Waals surface area contributed by atoms with E-state index in [0.29, 0.717) is 11.3 Å². The highest BCUT2D eigenvalue weighted by Gasteiger charge is 2.33. The van der Waals surface area contributed by atoms with E-state index in [4.69, 9.17) is 21.1 Å². The van der Waals surface area contributed by atoms with Crippen molar-refractivity contribution in [2.75, 3.05) is 18.5 Å². The quantitative estimate of drug-likeness (QED) is 0.304. The van der Waals surface area contributed by atoms with Crippen molar-refractivity contribution < 1.29 is 28.2 Å². The molecular formula is C27H23ClFN3O5. The topological polar surface area (TPSA) is 97.0 Å². The summed E-state index contributed by atoms with van der Waals surface area (Å²) in [7, 11) is 0. The summed E-state index contributed by atoms with van der Waals surface area (Å²) < 4.78 is 24.3. The zero-order chi connectivity index (χ0) is 26.4. The van der Waals surface area contributed by atoms with E-state index in [1.807, 2.05) is 30.3 Å². The second-order valence-corrected chi connectivity index (χ2v) is 8.38. The zero-order valence-electron chi connectivity index (χ0n) is 19.8. The number of benzene rings is 3. The maximum Gasteiger partial charge on any atom is 0.329 e. The third kappa shape index (κ3) is 6.45. The van der Waals surface area contributed by atoms with Crippen LogP contribution >= 0.6 is 11.6 Å². The van der Waals surface area contributed by atoms with Crippen LogP contribution in [0.4, 0.5) is 14.9 Å². The minimum atomic E-state index is -0.525. The van der Waals surface area contributed by atoms with Crippen molar-refractivity contribution in [2.24, 2.45) is 0 Å². The average molecular weight is 524 g/mol. The van der Waals surface area contributed by atoms with Crippen molar-refractivity contribution in [3.05, 3.63) is 94.4 Å². The van der Waals surface area contributed by atoms with Gasteiger partial charge in [0.2, 0.25) is 0 Å². The summed E-state index contributed by atoms with van der Waals surface area (Å²) in [6.07, 6.45) is 1.49. The number of ether oxygens (including phenoxy) is 2. The Kier molecular flexibility index (Phi) is 8.05. The first kappa shape index (κ1) is 25.7. The molecule has 3 aromatic carbocycles. The van der Waals surface area contributed by atoms with Crippen molar-refractivity contribution in [1.29, 1.82) is 0 Å². The maximum atomic E-state index is 13.1. The van der Waals surface area contributed by atoms with Gasteiger partial charge in [0, 0.05) is 5.69 Å². The van der Waals surface area contributed by atoms with Gasteiger partial charge >= 0.3 is 6.03 Å². The van der Waals surface area contributed by atoms with Crippen molar-refractivity contribution in [2.45, 2.75) is 13.5 Å². The first-order valence-corrected chi connectivity index (χ1v) is 11.7. The van der Waals surface area contributed by atoms with Crippen LogP contribution in [0.2, 0.25) is 5.02 Å². The van der Waals surface area contributed by atoms with E-state index in [1.165, 1.54) is 36.4 Å². The summed E-state index contributed by atoms with van der Waals surface area (Å²) in [6.45, 7) is 1.82. The molecule has 1 heterocycles. The second kappa shape index (κ2) is 11.6. The number of carbonyl (C=O) groups is 3. The fourth-order valence-electron chi connectivity index (χ4n) is 3.59. The fraction of sp³-hybridized carbons (Fsp3) is 0.148. The van der Waals surface area contributed by atoms with E-state index in [1.54, 1.807) is 13.0 Å². The number of nitrogens with one attached hydrogen (secondary N) is 2. The van der Waals surface area contributed by atoms with E-state index in [9.17, 15) is 18.8 Å². The Hall–Kier alpha value is -4.37. The highest BCUT2D eigenvalue weighted by Crippen LogP contribution is 2.37. The number of hydrogen-bond donors (Lipinski definition) is 2. The fourth-order valence-corrected chi connectivity index (χ4v) is 3.86. The number of hydrogen-bond acceptors (Lipinski definition) is 5. The van der Waals surface area contributed by atoms with Crippen LogP contribution in [0, 0.1) is 5.82 Å². The molecule has 4 rings (SSSR count). The minimum absolute atomic E-state index is 0.0896. The molecule has 0 aliphatic carbocycles. The minimum Gasteiger partial charge on any atom is -0.490 e. The van der Waals surface area contributed by atoms with Gasteiger partial charge in [-0.05, 0) is 60.5 Å². The highest BCUT2D eigenvalue weighted by atomic mass is 35.5. The lowest BCUT2D eigenvalue weighted by molar-refractivity contribution is -0.123. The van der Waals surface area contributed by atoms with Crippen LogP contribution < -0.4 is 20.1 Å². The molecule has 1 fully saturated rings. The normalized spacial score (nSPS) is 14.0. The van der Waals surface area contributed by atoms with Gasteiger partial charge in [-0.15, -0.1) is 0 Å². The Morgan fingerprint density at radius 3 is 2.51 bits per heavy atom. The SMILES string of the molecule is CCOc1cc(/C=C2/NC(=O)N(Cc3ccccc3)C2=O)cc(Cl)c1OCC(=O)Nc1ccc(F)cc1. The molecule has 37 heavy (non-hydrogen) atoms. The van der Waals surface area contributed by atoms with Crippen LogP contribution in [-0.4, -0.2) is 36.0 Å². The number of anilines is 1. The summed E-state index contributed by atoms with van der Waals surface area (Å²) in [5.41, 5.74) is 1.81. The molecule has 8 nitrogen and oxygen atoms in total. The molecule has 0 atom stereocenters. The number of nitrogens with zero attached hydrogens (tertiary/aromatic N) is 1. The first-order chi connectivity index (χ1) is 17.8. The molecule has 0 aromatic heterocycles. The van der Waals surface area contributed by atoms with Crippen LogP contribution in [0.5, 0.6) is 11.5 Å². The monoisotopic (exact) mass is 523 g/mol. The molecule has 1 aliphatic rings. The smallest absolute Gasteiger partial charge is 0.329 e. The number of urea groups is 1. The molecule has 0 unspecified atom stereocenters. The van der Waals surface area contributed by atoms with E-state index in [2.05, 4.69) is 10.6 Å². The third-order valence-electron chi connectivity index (χ3n) is 5.26. The van der Waals surface area contributed by atoms with Crippen LogP contribution in [0.25, 0.3) is 6.08 Å². The molecule has 190 valence electrons. The summed E-state index contributed by atoms with van der Waals surface area (Å²) in [6, 6.07) is 17.1. The van der Waals surface area contributed by atoms with E-state index >= 15 is 0 Å². The third-order valence-corrected chi connectivity index (χ3v) is 5.54. The Balaban J connectivity index is 1.48. The van der Waals surface area contributed by atoms with Crippen molar-refractivity contribution >= 4 is 41.2 Å². The lowest BCUT2D eigenvalue weighted by atomic mass is 10.1. The zero-order valence-corrected chi connectivity index (χ0v) is 20.5. The largest absolute Gasteiger partial charge is 0.490 e. The van der Waals surface area contributed by atoms with Crippen molar-refractivity contribution in [1.82, 2.24) is 10.2 Å². The van der Waals surface area contributed by atoms with Gasteiger partial charge in [-0.3, -0.25) is 14.5 Å². The number of amides is 4. The van der Waals surface area contributed by atoms with Gasteiger partial charge in [-0.1, -0.05) is 41.9 Å². The van der Waals surface area contributed by atoms with E-state index in [-0.39, 0.29) is 42.0 Å². The van der Waals surface area contributed by atoms with Crippen LogP contribution in [-0.2, 0) is 16.1 Å². The molecule has 0 spiro atoms. The lowest BCUT2D eigenvalue weighted by Gasteiger charge is -2.15. The summed E-state index contributed by atoms with van der Waals surface area (Å²) >= 11 is 6.43. The van der Waals surface area contributed by atoms with Gasteiger partial charge in [0.15, 0.2) is 18.1 Å². The predicted octanol–water partition coefficient (Wildman–Crippen LogP) is 4.99. The Morgan fingerprint density at radius 2 is 1.81 bits per heavy atom. The van der Waals surface area contributed by atoms with Crippen LogP contribution in [0.15, 0.2) is 72.4 Å². The standard InChI is InChI=1S/C27H23ClFN3O5/c1-2-36-23-14-18(13-22-26(34)32(27(35)31-22)15-17-6-4-3-5-7-17)12-21(28)25(23)37-16-24(33)30-20-10-8-19(29)9-11-20/h3-14H,2,15-16H2,1H3,(H,30,33)(H,31,35)/b22-13+. The summed E-state index contributed by atoms with van der Waals surface area (Å²) in [5, 5.41) is 5.32. The molecule has 0 saturated carbocycles. The highest BCUT2D eigenvalue weighted by molar-refractivity contribution is 6.32. The first-order valence-electron chi connectivity index (χ1n) is 11.4. The van der Waals surface area contributed by atoms with Gasteiger partial charge in [0.25, 0.3) is 11.8 Å². The van der Waals surface area contributed by atoms with Gasteiger partial charge < -0.3 is 20.1 Å². The number of imide groups is 1. The van der Waals surface area contributed by atoms with Gasteiger partial charge in [0.1, 0.15) is 11.5 Å². The molecule has 0 bridgehead atoms. The van der Waals surface area contributed by atoms with Gasteiger partial charge in [-0.25, -0.2) is 9.18 Å². The summed E-state index contributed by atoms with van der Waals surface area (Å²) in [5.74, 6) is -0.961. The molecule has 2 N–H and O–H groups in total. The van der Waals surface area contributed by atoms with Crippen molar-refractivity contribution in [3.8, 4) is 11.5 Å². The molecular weight excluding hydrogens is 501 g/mol. The predicted molar refractivity (Wildman–Crippen MR) is 137 cm³/mol.